The Morgan fingerprint density at radius 2 is 1.38 bits per heavy atom. The Balaban J connectivity index is 1.82. The number of pyridine rings is 3. The first kappa shape index (κ1) is 16.2. The van der Waals surface area contributed by atoms with Crippen LogP contribution in [0.3, 0.4) is 0 Å². The van der Waals surface area contributed by atoms with Gasteiger partial charge in [0.05, 0.1) is 0 Å². The molecule has 0 N–H and O–H groups in total. The smallest absolute Gasteiger partial charge is 0.0346 e. The molecule has 0 radical (unpaired) electrons. The zero-order chi connectivity index (χ0) is 17.6. The van der Waals surface area contributed by atoms with E-state index in [0.29, 0.717) is 0 Å². The highest BCUT2D eigenvalue weighted by molar-refractivity contribution is 5.68. The van der Waals surface area contributed by atoms with Crippen molar-refractivity contribution in [3.8, 4) is 11.1 Å². The third-order valence-corrected chi connectivity index (χ3v) is 4.56. The molecule has 0 spiro atoms. The monoisotopic (exact) mass is 337 g/mol. The highest BCUT2D eigenvalue weighted by Gasteiger charge is 2.19. The summed E-state index contributed by atoms with van der Waals surface area (Å²) >= 11 is 0. The van der Waals surface area contributed by atoms with Gasteiger partial charge in [0, 0.05) is 48.7 Å². The van der Waals surface area contributed by atoms with Crippen LogP contribution >= 0.6 is 0 Å². The largest absolute Gasteiger partial charge is 0.264 e. The van der Waals surface area contributed by atoms with Gasteiger partial charge < -0.3 is 0 Å². The quantitative estimate of drug-likeness (QED) is 0.519. The van der Waals surface area contributed by atoms with Gasteiger partial charge in [0.15, 0.2) is 0 Å². The van der Waals surface area contributed by atoms with E-state index in [1.807, 2.05) is 49.2 Å². The summed E-state index contributed by atoms with van der Waals surface area (Å²) in [6, 6.07) is 20.9. The van der Waals surface area contributed by atoms with Crippen LogP contribution in [0.4, 0.5) is 0 Å². The summed E-state index contributed by atoms with van der Waals surface area (Å²) in [6.45, 7) is 0. The van der Waals surface area contributed by atoms with Gasteiger partial charge in [0.2, 0.25) is 0 Å². The van der Waals surface area contributed by atoms with Crippen LogP contribution in [0, 0.1) is 0 Å². The fraction of sp³-hybridized carbons (Fsp3) is 0.0870. The number of hydrogen-bond acceptors (Lipinski definition) is 3. The predicted octanol–water partition coefficient (Wildman–Crippen LogP) is 4.91. The average Bonchev–Trinajstić information content (AvgIpc) is 2.74. The van der Waals surface area contributed by atoms with Crippen molar-refractivity contribution in [1.82, 2.24) is 15.0 Å². The second kappa shape index (κ2) is 7.70. The Morgan fingerprint density at radius 1 is 0.654 bits per heavy atom. The number of nitrogens with zero attached hydrogens (tertiary/aromatic N) is 3. The van der Waals surface area contributed by atoms with Crippen molar-refractivity contribution in [2.45, 2.75) is 12.3 Å². The summed E-state index contributed by atoms with van der Waals surface area (Å²) in [7, 11) is 0. The average molecular weight is 337 g/mol. The van der Waals surface area contributed by atoms with E-state index < -0.39 is 0 Å². The third kappa shape index (κ3) is 3.52. The van der Waals surface area contributed by atoms with Gasteiger partial charge in [-0.05, 0) is 46.9 Å². The number of hydrogen-bond donors (Lipinski definition) is 0. The van der Waals surface area contributed by atoms with Crippen molar-refractivity contribution in [2.75, 3.05) is 0 Å². The van der Waals surface area contributed by atoms with Gasteiger partial charge in [-0.15, -0.1) is 0 Å². The Hall–Kier alpha value is -3.33. The first-order chi connectivity index (χ1) is 12.9. The van der Waals surface area contributed by atoms with Crippen LogP contribution in [0.5, 0.6) is 0 Å². The molecule has 0 fully saturated rings. The molecule has 26 heavy (non-hydrogen) atoms. The summed E-state index contributed by atoms with van der Waals surface area (Å²) in [5.41, 5.74) is 6.02. The molecule has 0 aliphatic rings. The first-order valence-electron chi connectivity index (χ1n) is 8.70. The molecule has 3 aromatic heterocycles. The highest BCUT2D eigenvalue weighted by Crippen LogP contribution is 2.35. The number of benzene rings is 1. The molecule has 0 saturated carbocycles. The first-order valence-corrected chi connectivity index (χ1v) is 8.70. The van der Waals surface area contributed by atoms with Crippen molar-refractivity contribution < 1.29 is 0 Å². The Kier molecular flexibility index (Phi) is 4.79. The normalized spacial score (nSPS) is 11.8. The van der Waals surface area contributed by atoms with Gasteiger partial charge in [0.25, 0.3) is 0 Å². The molecule has 1 aromatic carbocycles. The van der Waals surface area contributed by atoms with Gasteiger partial charge in [-0.3, -0.25) is 15.0 Å². The molecule has 0 aliphatic carbocycles. The molecule has 0 aliphatic heterocycles. The van der Waals surface area contributed by atoms with Crippen LogP contribution < -0.4 is 0 Å². The molecule has 3 heteroatoms. The standard InChI is InChI=1S/C23H19N3/c1-2-10-22(21(9-1)19-7-4-12-25-16-19)23(20-8-5-13-26-17-20)14-18-6-3-11-24-15-18/h1-13,15-17,23H,14H2. The van der Waals surface area contributed by atoms with E-state index in [2.05, 4.69) is 57.4 Å². The summed E-state index contributed by atoms with van der Waals surface area (Å²) in [5, 5.41) is 0. The molecule has 4 rings (SSSR count). The van der Waals surface area contributed by atoms with Crippen molar-refractivity contribution >= 4 is 0 Å². The lowest BCUT2D eigenvalue weighted by Gasteiger charge is -2.21. The van der Waals surface area contributed by atoms with Crippen molar-refractivity contribution in [3.05, 3.63) is 115 Å². The van der Waals surface area contributed by atoms with Crippen LogP contribution in [0.15, 0.2) is 97.8 Å². The molecular formula is C23H19N3. The maximum Gasteiger partial charge on any atom is 0.0346 e. The zero-order valence-electron chi connectivity index (χ0n) is 14.4. The topological polar surface area (TPSA) is 38.7 Å². The maximum absolute atomic E-state index is 4.35. The fourth-order valence-electron chi connectivity index (χ4n) is 3.33. The molecule has 0 saturated heterocycles. The Labute approximate surface area is 153 Å². The minimum atomic E-state index is 0.198. The van der Waals surface area contributed by atoms with E-state index in [0.717, 1.165) is 12.0 Å². The van der Waals surface area contributed by atoms with Gasteiger partial charge >= 0.3 is 0 Å². The van der Waals surface area contributed by atoms with Crippen LogP contribution in [-0.4, -0.2) is 15.0 Å². The van der Waals surface area contributed by atoms with Crippen molar-refractivity contribution in [3.63, 3.8) is 0 Å². The van der Waals surface area contributed by atoms with E-state index in [1.165, 1.54) is 22.3 Å². The van der Waals surface area contributed by atoms with Gasteiger partial charge in [-0.25, -0.2) is 0 Å². The lowest BCUT2D eigenvalue weighted by Crippen LogP contribution is -2.07. The lowest BCUT2D eigenvalue weighted by molar-refractivity contribution is 0.798. The van der Waals surface area contributed by atoms with Gasteiger partial charge in [-0.2, -0.15) is 0 Å². The SMILES string of the molecule is c1cncc(CC(c2cccnc2)c2ccccc2-c2cccnc2)c1. The zero-order valence-corrected chi connectivity index (χ0v) is 14.4. The third-order valence-electron chi connectivity index (χ3n) is 4.56. The summed E-state index contributed by atoms with van der Waals surface area (Å²) in [5.74, 6) is 0.198. The van der Waals surface area contributed by atoms with Crippen LogP contribution in [-0.2, 0) is 6.42 Å². The Bertz CT molecular complexity index is 954. The van der Waals surface area contributed by atoms with E-state index in [4.69, 9.17) is 0 Å². The molecule has 0 bridgehead atoms. The number of aromatic nitrogens is 3. The van der Waals surface area contributed by atoms with Crippen LogP contribution in [0.1, 0.15) is 22.6 Å². The fourth-order valence-corrected chi connectivity index (χ4v) is 3.33. The molecular weight excluding hydrogens is 318 g/mol. The van der Waals surface area contributed by atoms with E-state index in [1.54, 1.807) is 6.20 Å². The lowest BCUT2D eigenvalue weighted by atomic mass is 9.83. The second-order valence-electron chi connectivity index (χ2n) is 6.23. The van der Waals surface area contributed by atoms with E-state index in [9.17, 15) is 0 Å². The van der Waals surface area contributed by atoms with E-state index >= 15 is 0 Å². The second-order valence-corrected chi connectivity index (χ2v) is 6.23. The molecule has 1 atom stereocenters. The molecule has 1 unspecified atom stereocenters. The molecule has 3 heterocycles. The highest BCUT2D eigenvalue weighted by atomic mass is 14.6. The van der Waals surface area contributed by atoms with Crippen molar-refractivity contribution in [1.29, 1.82) is 0 Å². The molecule has 126 valence electrons. The van der Waals surface area contributed by atoms with Gasteiger partial charge in [-0.1, -0.05) is 42.5 Å². The molecule has 4 aromatic rings. The molecule has 0 amide bonds. The maximum atomic E-state index is 4.35. The van der Waals surface area contributed by atoms with Gasteiger partial charge in [0.1, 0.15) is 0 Å². The Morgan fingerprint density at radius 3 is 2.08 bits per heavy atom. The van der Waals surface area contributed by atoms with Crippen LogP contribution in [0.25, 0.3) is 11.1 Å². The summed E-state index contributed by atoms with van der Waals surface area (Å²) < 4.78 is 0. The summed E-state index contributed by atoms with van der Waals surface area (Å²) in [4.78, 5) is 12.9. The summed E-state index contributed by atoms with van der Waals surface area (Å²) in [6.07, 6.45) is 12.1. The van der Waals surface area contributed by atoms with E-state index in [-0.39, 0.29) is 5.92 Å². The minimum Gasteiger partial charge on any atom is -0.264 e. The predicted molar refractivity (Wildman–Crippen MR) is 104 cm³/mol. The minimum absolute atomic E-state index is 0.198. The molecule has 3 nitrogen and oxygen atoms in total. The van der Waals surface area contributed by atoms with Crippen molar-refractivity contribution in [2.24, 2.45) is 0 Å². The number of rotatable bonds is 5. The van der Waals surface area contributed by atoms with Crippen LogP contribution in [0.2, 0.25) is 0 Å².